The van der Waals surface area contributed by atoms with Crippen LogP contribution in [-0.2, 0) is 0 Å². The van der Waals surface area contributed by atoms with Gasteiger partial charge in [0.05, 0.1) is 6.20 Å². The van der Waals surface area contributed by atoms with Crippen LogP contribution in [0, 0.1) is 5.41 Å². The zero-order valence-corrected chi connectivity index (χ0v) is 12.6. The molecule has 0 unspecified atom stereocenters. The normalized spacial score (nSPS) is 10.5. The molecular formula is C16H12BrN3O. The van der Waals surface area contributed by atoms with Crippen molar-refractivity contribution >= 4 is 32.5 Å². The number of pyridine rings is 1. The highest BCUT2D eigenvalue weighted by molar-refractivity contribution is 9.10. The molecule has 1 heterocycles. The van der Waals surface area contributed by atoms with Gasteiger partial charge in [-0.1, -0.05) is 24.3 Å². The van der Waals surface area contributed by atoms with Crippen molar-refractivity contribution in [3.63, 3.8) is 0 Å². The first-order valence-electron chi connectivity index (χ1n) is 6.30. The maximum Gasteiger partial charge on any atom is 0.146 e. The van der Waals surface area contributed by atoms with Crippen LogP contribution >= 0.6 is 15.9 Å². The molecule has 1 aromatic heterocycles. The van der Waals surface area contributed by atoms with E-state index in [4.69, 9.17) is 15.9 Å². The minimum atomic E-state index is 0.0434. The van der Waals surface area contributed by atoms with Gasteiger partial charge in [-0.05, 0) is 39.5 Å². The van der Waals surface area contributed by atoms with E-state index in [-0.39, 0.29) is 5.84 Å². The van der Waals surface area contributed by atoms with Gasteiger partial charge >= 0.3 is 0 Å². The standard InChI is InChI=1S/C16H12BrN3O/c17-10-7-11(9-20-8-10)21-15-6-5-14(16(18)19)12-3-1-2-4-13(12)15/h1-9H,(H3,18,19). The molecular weight excluding hydrogens is 330 g/mol. The van der Waals surface area contributed by atoms with Gasteiger partial charge in [-0.3, -0.25) is 10.4 Å². The number of fused-ring (bicyclic) bond motifs is 1. The van der Waals surface area contributed by atoms with E-state index in [0.717, 1.165) is 15.2 Å². The highest BCUT2D eigenvalue weighted by Gasteiger charge is 2.09. The first kappa shape index (κ1) is 13.6. The number of benzene rings is 2. The molecule has 3 rings (SSSR count). The minimum Gasteiger partial charge on any atom is -0.455 e. The number of ether oxygens (including phenoxy) is 1. The molecule has 5 heteroatoms. The third kappa shape index (κ3) is 2.73. The van der Waals surface area contributed by atoms with Crippen LogP contribution < -0.4 is 10.5 Å². The van der Waals surface area contributed by atoms with Gasteiger partial charge in [-0.2, -0.15) is 0 Å². The van der Waals surface area contributed by atoms with Crippen LogP contribution in [0.25, 0.3) is 10.8 Å². The summed E-state index contributed by atoms with van der Waals surface area (Å²) in [7, 11) is 0. The minimum absolute atomic E-state index is 0.0434. The Bertz CT molecular complexity index is 833. The Hall–Kier alpha value is -2.40. The second-order valence-corrected chi connectivity index (χ2v) is 5.43. The summed E-state index contributed by atoms with van der Waals surface area (Å²) in [4.78, 5) is 4.08. The predicted molar refractivity (Wildman–Crippen MR) is 87.0 cm³/mol. The third-order valence-corrected chi connectivity index (χ3v) is 3.52. The first-order valence-corrected chi connectivity index (χ1v) is 7.09. The number of nitrogens with two attached hydrogens (primary N) is 1. The number of rotatable bonds is 3. The lowest BCUT2D eigenvalue weighted by Gasteiger charge is -2.11. The van der Waals surface area contributed by atoms with Gasteiger partial charge in [0.1, 0.15) is 17.3 Å². The molecule has 3 N–H and O–H groups in total. The Morgan fingerprint density at radius 2 is 1.86 bits per heavy atom. The van der Waals surface area contributed by atoms with Crippen molar-refractivity contribution < 1.29 is 4.74 Å². The van der Waals surface area contributed by atoms with Gasteiger partial charge in [-0.15, -0.1) is 0 Å². The molecule has 0 bridgehead atoms. The van der Waals surface area contributed by atoms with Crippen LogP contribution in [0.4, 0.5) is 0 Å². The summed E-state index contributed by atoms with van der Waals surface area (Å²) in [6.45, 7) is 0. The van der Waals surface area contributed by atoms with Crippen molar-refractivity contribution in [3.05, 3.63) is 64.9 Å². The molecule has 0 aliphatic rings. The molecule has 0 amide bonds. The lowest BCUT2D eigenvalue weighted by Crippen LogP contribution is -2.11. The molecule has 4 nitrogen and oxygen atoms in total. The van der Waals surface area contributed by atoms with E-state index in [0.29, 0.717) is 17.1 Å². The molecule has 2 aromatic carbocycles. The van der Waals surface area contributed by atoms with Gasteiger partial charge in [0, 0.05) is 21.6 Å². The fourth-order valence-electron chi connectivity index (χ4n) is 2.17. The summed E-state index contributed by atoms with van der Waals surface area (Å²) in [5.74, 6) is 1.39. The average Bonchev–Trinajstić information content (AvgIpc) is 2.47. The summed E-state index contributed by atoms with van der Waals surface area (Å²) < 4.78 is 6.75. The summed E-state index contributed by atoms with van der Waals surface area (Å²) >= 11 is 3.37. The van der Waals surface area contributed by atoms with E-state index in [9.17, 15) is 0 Å². The SMILES string of the molecule is N=C(N)c1ccc(Oc2cncc(Br)c2)c2ccccc12. The zero-order valence-electron chi connectivity index (χ0n) is 11.0. The van der Waals surface area contributed by atoms with Gasteiger partial charge in [0.25, 0.3) is 0 Å². The third-order valence-electron chi connectivity index (χ3n) is 3.08. The molecule has 3 aromatic rings. The molecule has 0 fully saturated rings. The topological polar surface area (TPSA) is 72.0 Å². The summed E-state index contributed by atoms with van der Waals surface area (Å²) in [6.07, 6.45) is 3.35. The Morgan fingerprint density at radius 3 is 2.57 bits per heavy atom. The van der Waals surface area contributed by atoms with Crippen LogP contribution in [0.1, 0.15) is 5.56 Å². The van der Waals surface area contributed by atoms with E-state index < -0.39 is 0 Å². The maximum atomic E-state index is 7.66. The van der Waals surface area contributed by atoms with Gasteiger partial charge in [0.15, 0.2) is 0 Å². The Balaban J connectivity index is 2.12. The molecule has 0 saturated carbocycles. The van der Waals surface area contributed by atoms with E-state index >= 15 is 0 Å². The summed E-state index contributed by atoms with van der Waals surface area (Å²) in [5.41, 5.74) is 6.33. The maximum absolute atomic E-state index is 7.66. The van der Waals surface area contributed by atoms with Crippen molar-refractivity contribution in [3.8, 4) is 11.5 Å². The van der Waals surface area contributed by atoms with Crippen molar-refractivity contribution in [2.24, 2.45) is 5.73 Å². The number of amidine groups is 1. The average molecular weight is 342 g/mol. The number of hydrogen-bond donors (Lipinski definition) is 2. The lowest BCUT2D eigenvalue weighted by atomic mass is 10.0. The molecule has 0 atom stereocenters. The molecule has 0 aliphatic heterocycles. The second-order valence-electron chi connectivity index (χ2n) is 4.51. The van der Waals surface area contributed by atoms with Gasteiger partial charge in [0.2, 0.25) is 0 Å². The Labute approximate surface area is 130 Å². The molecule has 0 aliphatic carbocycles. The summed E-state index contributed by atoms with van der Waals surface area (Å²) in [6, 6.07) is 13.2. The second kappa shape index (κ2) is 5.54. The highest BCUT2D eigenvalue weighted by Crippen LogP contribution is 2.32. The highest BCUT2D eigenvalue weighted by atomic mass is 79.9. The van der Waals surface area contributed by atoms with Crippen LogP contribution in [0.3, 0.4) is 0 Å². The van der Waals surface area contributed by atoms with Crippen LogP contribution in [0.5, 0.6) is 11.5 Å². The number of nitrogen functional groups attached to an aromatic ring is 1. The van der Waals surface area contributed by atoms with Crippen molar-refractivity contribution in [2.45, 2.75) is 0 Å². The Kier molecular flexibility index (Phi) is 3.58. The largest absolute Gasteiger partial charge is 0.455 e. The van der Waals surface area contributed by atoms with E-state index in [1.165, 1.54) is 0 Å². The summed E-state index contributed by atoms with van der Waals surface area (Å²) in [5, 5.41) is 9.46. The predicted octanol–water partition coefficient (Wildman–Crippen LogP) is 4.07. The van der Waals surface area contributed by atoms with Gasteiger partial charge < -0.3 is 10.5 Å². The number of halogens is 1. The molecule has 21 heavy (non-hydrogen) atoms. The lowest BCUT2D eigenvalue weighted by molar-refractivity contribution is 0.485. The molecule has 104 valence electrons. The van der Waals surface area contributed by atoms with Gasteiger partial charge in [-0.25, -0.2) is 0 Å². The molecule has 0 saturated heterocycles. The Morgan fingerprint density at radius 1 is 1.10 bits per heavy atom. The zero-order chi connectivity index (χ0) is 14.8. The number of hydrogen-bond acceptors (Lipinski definition) is 3. The van der Waals surface area contributed by atoms with Crippen LogP contribution in [-0.4, -0.2) is 10.8 Å². The van der Waals surface area contributed by atoms with E-state index in [2.05, 4.69) is 20.9 Å². The number of nitrogens with one attached hydrogen (secondary N) is 1. The fraction of sp³-hybridized carbons (Fsp3) is 0. The monoisotopic (exact) mass is 341 g/mol. The van der Waals surface area contributed by atoms with Crippen molar-refractivity contribution in [1.29, 1.82) is 5.41 Å². The van der Waals surface area contributed by atoms with Crippen LogP contribution in [0.2, 0.25) is 0 Å². The van der Waals surface area contributed by atoms with E-state index in [1.807, 2.05) is 36.4 Å². The van der Waals surface area contributed by atoms with Crippen molar-refractivity contribution in [2.75, 3.05) is 0 Å². The fourth-order valence-corrected chi connectivity index (χ4v) is 2.51. The molecule has 0 spiro atoms. The van der Waals surface area contributed by atoms with Crippen LogP contribution in [0.15, 0.2) is 59.3 Å². The smallest absolute Gasteiger partial charge is 0.146 e. The quantitative estimate of drug-likeness (QED) is 0.557. The van der Waals surface area contributed by atoms with E-state index in [1.54, 1.807) is 18.5 Å². The molecule has 0 radical (unpaired) electrons. The number of nitrogens with zero attached hydrogens (tertiary/aromatic N) is 1. The number of aromatic nitrogens is 1. The van der Waals surface area contributed by atoms with Crippen molar-refractivity contribution in [1.82, 2.24) is 4.98 Å². The first-order chi connectivity index (χ1) is 10.1.